The third-order valence-electron chi connectivity index (χ3n) is 2.84. The highest BCUT2D eigenvalue weighted by molar-refractivity contribution is 5.26. The zero-order valence-electron chi connectivity index (χ0n) is 8.83. The molecular weight excluding hydrogens is 176 g/mol. The van der Waals surface area contributed by atoms with Crippen LogP contribution in [0.5, 0.6) is 0 Å². The third-order valence-corrected chi connectivity index (χ3v) is 2.84. The Labute approximate surface area is 85.2 Å². The largest absolute Gasteiger partial charge is 0.392 e. The van der Waals surface area contributed by atoms with Crippen molar-refractivity contribution in [3.05, 3.63) is 35.4 Å². The Morgan fingerprint density at radius 1 is 1.07 bits per heavy atom. The maximum absolute atomic E-state index is 10.2. The summed E-state index contributed by atoms with van der Waals surface area (Å²) < 4.78 is 0. The van der Waals surface area contributed by atoms with Crippen molar-refractivity contribution in [1.29, 1.82) is 0 Å². The van der Waals surface area contributed by atoms with E-state index in [2.05, 4.69) is 0 Å². The third kappa shape index (κ3) is 2.14. The van der Waals surface area contributed by atoms with Gasteiger partial charge in [-0.1, -0.05) is 38.1 Å². The second-order valence-electron chi connectivity index (χ2n) is 3.59. The summed E-state index contributed by atoms with van der Waals surface area (Å²) in [5, 5.41) is 19.1. The van der Waals surface area contributed by atoms with Crippen LogP contribution in [0.15, 0.2) is 24.3 Å². The molecule has 1 aromatic rings. The number of aliphatic hydroxyl groups is 2. The molecule has 0 bridgehead atoms. The SMILES string of the molecule is CCC(O)(CC)c1ccc(CO)cc1. The van der Waals surface area contributed by atoms with E-state index in [0.29, 0.717) is 12.8 Å². The standard InChI is InChI=1S/C12H18O2/c1-3-12(14,4-2)11-7-5-10(9-13)6-8-11/h5-8,13-14H,3-4,9H2,1-2H3. The normalized spacial score (nSPS) is 11.7. The van der Waals surface area contributed by atoms with E-state index in [0.717, 1.165) is 11.1 Å². The Bertz CT molecular complexity index is 273. The molecule has 78 valence electrons. The van der Waals surface area contributed by atoms with Crippen molar-refractivity contribution >= 4 is 0 Å². The molecule has 14 heavy (non-hydrogen) atoms. The fraction of sp³-hybridized carbons (Fsp3) is 0.500. The van der Waals surface area contributed by atoms with Crippen LogP contribution in [0.2, 0.25) is 0 Å². The summed E-state index contributed by atoms with van der Waals surface area (Å²) in [6.45, 7) is 4.00. The summed E-state index contributed by atoms with van der Waals surface area (Å²) >= 11 is 0. The van der Waals surface area contributed by atoms with Crippen LogP contribution < -0.4 is 0 Å². The Morgan fingerprint density at radius 3 is 1.93 bits per heavy atom. The lowest BCUT2D eigenvalue weighted by Gasteiger charge is -2.25. The lowest BCUT2D eigenvalue weighted by Crippen LogP contribution is -2.23. The van der Waals surface area contributed by atoms with Crippen molar-refractivity contribution in [2.45, 2.75) is 38.9 Å². The number of rotatable bonds is 4. The van der Waals surface area contributed by atoms with Crippen molar-refractivity contribution in [2.75, 3.05) is 0 Å². The molecule has 0 radical (unpaired) electrons. The second-order valence-corrected chi connectivity index (χ2v) is 3.59. The van der Waals surface area contributed by atoms with Crippen molar-refractivity contribution in [2.24, 2.45) is 0 Å². The van der Waals surface area contributed by atoms with Gasteiger partial charge in [0, 0.05) is 0 Å². The Hall–Kier alpha value is -0.860. The van der Waals surface area contributed by atoms with Gasteiger partial charge in [0.25, 0.3) is 0 Å². The highest BCUT2D eigenvalue weighted by Crippen LogP contribution is 2.28. The molecule has 1 rings (SSSR count). The first-order valence-corrected chi connectivity index (χ1v) is 5.09. The van der Waals surface area contributed by atoms with Crippen LogP contribution in [0, 0.1) is 0 Å². The predicted octanol–water partition coefficient (Wildman–Crippen LogP) is 2.19. The first kappa shape index (κ1) is 11.2. The fourth-order valence-corrected chi connectivity index (χ4v) is 1.58. The summed E-state index contributed by atoms with van der Waals surface area (Å²) in [6, 6.07) is 7.48. The molecule has 0 aliphatic carbocycles. The molecule has 0 fully saturated rings. The molecule has 0 aromatic heterocycles. The van der Waals surface area contributed by atoms with Gasteiger partial charge in [0.05, 0.1) is 12.2 Å². The van der Waals surface area contributed by atoms with E-state index in [-0.39, 0.29) is 6.61 Å². The van der Waals surface area contributed by atoms with E-state index >= 15 is 0 Å². The quantitative estimate of drug-likeness (QED) is 0.771. The first-order valence-electron chi connectivity index (χ1n) is 5.09. The molecule has 0 heterocycles. The van der Waals surface area contributed by atoms with Gasteiger partial charge >= 0.3 is 0 Å². The summed E-state index contributed by atoms with van der Waals surface area (Å²) in [4.78, 5) is 0. The van der Waals surface area contributed by atoms with Crippen LogP contribution in [-0.2, 0) is 12.2 Å². The van der Waals surface area contributed by atoms with Gasteiger partial charge in [-0.2, -0.15) is 0 Å². The van der Waals surface area contributed by atoms with Gasteiger partial charge in [-0.05, 0) is 24.0 Å². The van der Waals surface area contributed by atoms with Crippen molar-refractivity contribution < 1.29 is 10.2 Å². The van der Waals surface area contributed by atoms with E-state index in [4.69, 9.17) is 5.11 Å². The molecule has 0 spiro atoms. The molecule has 2 nitrogen and oxygen atoms in total. The van der Waals surface area contributed by atoms with Crippen LogP contribution in [0.3, 0.4) is 0 Å². The minimum Gasteiger partial charge on any atom is -0.392 e. The molecule has 1 aromatic carbocycles. The zero-order valence-corrected chi connectivity index (χ0v) is 8.83. The maximum Gasteiger partial charge on any atom is 0.0891 e. The van der Waals surface area contributed by atoms with Crippen molar-refractivity contribution in [1.82, 2.24) is 0 Å². The number of hydrogen-bond acceptors (Lipinski definition) is 2. The topological polar surface area (TPSA) is 40.5 Å². The molecule has 2 heteroatoms. The molecule has 0 atom stereocenters. The van der Waals surface area contributed by atoms with Gasteiger partial charge in [-0.15, -0.1) is 0 Å². The molecule has 0 amide bonds. The van der Waals surface area contributed by atoms with Crippen molar-refractivity contribution in [3.8, 4) is 0 Å². The number of aliphatic hydroxyl groups excluding tert-OH is 1. The van der Waals surface area contributed by atoms with E-state index < -0.39 is 5.60 Å². The molecular formula is C12H18O2. The van der Waals surface area contributed by atoms with Gasteiger partial charge in [-0.3, -0.25) is 0 Å². The fourth-order valence-electron chi connectivity index (χ4n) is 1.58. The molecule has 0 saturated carbocycles. The Balaban J connectivity index is 2.95. The second kappa shape index (κ2) is 4.58. The molecule has 0 aliphatic rings. The summed E-state index contributed by atoms with van der Waals surface area (Å²) in [5.41, 5.74) is 1.09. The monoisotopic (exact) mass is 194 g/mol. The van der Waals surface area contributed by atoms with Crippen LogP contribution in [0.4, 0.5) is 0 Å². The van der Waals surface area contributed by atoms with E-state index in [1.54, 1.807) is 0 Å². The Morgan fingerprint density at radius 2 is 1.57 bits per heavy atom. The van der Waals surface area contributed by atoms with E-state index in [9.17, 15) is 5.11 Å². The van der Waals surface area contributed by atoms with E-state index in [1.807, 2.05) is 38.1 Å². The van der Waals surface area contributed by atoms with Crippen LogP contribution >= 0.6 is 0 Å². The van der Waals surface area contributed by atoms with E-state index in [1.165, 1.54) is 0 Å². The molecule has 0 unspecified atom stereocenters. The highest BCUT2D eigenvalue weighted by Gasteiger charge is 2.24. The van der Waals surface area contributed by atoms with Gasteiger partial charge in [0.1, 0.15) is 0 Å². The molecule has 0 aliphatic heterocycles. The number of benzene rings is 1. The maximum atomic E-state index is 10.2. The minimum atomic E-state index is -0.714. The van der Waals surface area contributed by atoms with Gasteiger partial charge in [0.15, 0.2) is 0 Å². The first-order chi connectivity index (χ1) is 6.66. The highest BCUT2D eigenvalue weighted by atomic mass is 16.3. The number of hydrogen-bond donors (Lipinski definition) is 2. The van der Waals surface area contributed by atoms with Crippen LogP contribution in [0.1, 0.15) is 37.8 Å². The van der Waals surface area contributed by atoms with Gasteiger partial charge in [0.2, 0.25) is 0 Å². The predicted molar refractivity (Wildman–Crippen MR) is 56.8 cm³/mol. The van der Waals surface area contributed by atoms with Gasteiger partial charge in [-0.25, -0.2) is 0 Å². The lowest BCUT2D eigenvalue weighted by atomic mass is 9.88. The van der Waals surface area contributed by atoms with Crippen molar-refractivity contribution in [3.63, 3.8) is 0 Å². The summed E-state index contributed by atoms with van der Waals surface area (Å²) in [6.07, 6.45) is 1.42. The smallest absolute Gasteiger partial charge is 0.0891 e. The summed E-state index contributed by atoms with van der Waals surface area (Å²) in [7, 11) is 0. The zero-order chi connectivity index (χ0) is 10.6. The minimum absolute atomic E-state index is 0.0525. The van der Waals surface area contributed by atoms with Gasteiger partial charge < -0.3 is 10.2 Å². The molecule has 2 N–H and O–H groups in total. The lowest BCUT2D eigenvalue weighted by molar-refractivity contribution is 0.0283. The van der Waals surface area contributed by atoms with Crippen LogP contribution in [0.25, 0.3) is 0 Å². The summed E-state index contributed by atoms with van der Waals surface area (Å²) in [5.74, 6) is 0. The molecule has 0 saturated heterocycles. The average Bonchev–Trinajstić information content (AvgIpc) is 2.28. The Kier molecular flexibility index (Phi) is 3.67. The van der Waals surface area contributed by atoms with Crippen LogP contribution in [-0.4, -0.2) is 10.2 Å². The average molecular weight is 194 g/mol.